The molecule has 1 fully saturated rings. The molecule has 26 heavy (non-hydrogen) atoms. The molecule has 1 saturated heterocycles. The van der Waals surface area contributed by atoms with Crippen LogP contribution in [0.1, 0.15) is 29.5 Å². The molecule has 0 radical (unpaired) electrons. The normalized spacial score (nSPS) is 29.7. The summed E-state index contributed by atoms with van der Waals surface area (Å²) >= 11 is 0. The van der Waals surface area contributed by atoms with Crippen molar-refractivity contribution in [2.75, 3.05) is 20.7 Å². The Morgan fingerprint density at radius 3 is 2.65 bits per heavy atom. The zero-order valence-corrected chi connectivity index (χ0v) is 15.3. The average Bonchev–Trinajstić information content (AvgIpc) is 3.05. The van der Waals surface area contributed by atoms with Crippen LogP contribution in [0.15, 0.2) is 54.6 Å². The Kier molecular flexibility index (Phi) is 4.33. The van der Waals surface area contributed by atoms with Crippen LogP contribution >= 0.6 is 0 Å². The van der Waals surface area contributed by atoms with E-state index in [1.165, 1.54) is 12.7 Å². The Labute approximate surface area is 154 Å². The van der Waals surface area contributed by atoms with E-state index in [0.29, 0.717) is 13.0 Å². The zero-order valence-electron chi connectivity index (χ0n) is 15.3. The molecule has 4 nitrogen and oxygen atoms in total. The van der Waals surface area contributed by atoms with E-state index in [4.69, 9.17) is 9.47 Å². The number of benzene rings is 2. The van der Waals surface area contributed by atoms with E-state index in [0.717, 1.165) is 24.0 Å². The molecular formula is C22H25NO3. The smallest absolute Gasteiger partial charge is 0.315 e. The molecule has 1 N–H and O–H groups in total. The van der Waals surface area contributed by atoms with Gasteiger partial charge in [-0.1, -0.05) is 54.6 Å². The van der Waals surface area contributed by atoms with Gasteiger partial charge in [-0.3, -0.25) is 4.79 Å². The summed E-state index contributed by atoms with van der Waals surface area (Å²) in [7, 11) is 3.40. The molecule has 1 heterocycles. The molecule has 1 unspecified atom stereocenters. The molecule has 136 valence electrons. The van der Waals surface area contributed by atoms with Crippen LogP contribution in [-0.2, 0) is 26.3 Å². The summed E-state index contributed by atoms with van der Waals surface area (Å²) in [4.78, 5) is 13.2. The Hall–Kier alpha value is -2.17. The number of aryl methyl sites for hydroxylation is 1. The van der Waals surface area contributed by atoms with Crippen LogP contribution in [0.3, 0.4) is 0 Å². The van der Waals surface area contributed by atoms with Crippen molar-refractivity contribution < 1.29 is 14.3 Å². The van der Waals surface area contributed by atoms with E-state index >= 15 is 0 Å². The average molecular weight is 351 g/mol. The van der Waals surface area contributed by atoms with Gasteiger partial charge in [-0.15, -0.1) is 0 Å². The van der Waals surface area contributed by atoms with Crippen LogP contribution in [-0.4, -0.2) is 32.8 Å². The molecule has 2 aliphatic rings. The minimum absolute atomic E-state index is 0.0505. The van der Waals surface area contributed by atoms with Crippen molar-refractivity contribution in [1.29, 1.82) is 0 Å². The van der Waals surface area contributed by atoms with Gasteiger partial charge in [0, 0.05) is 6.54 Å². The van der Waals surface area contributed by atoms with Gasteiger partial charge in [0.05, 0.1) is 13.2 Å². The van der Waals surface area contributed by atoms with Crippen molar-refractivity contribution in [2.45, 2.75) is 31.0 Å². The lowest BCUT2D eigenvalue weighted by molar-refractivity contribution is -0.165. The highest BCUT2D eigenvalue weighted by molar-refractivity contribution is 5.81. The quantitative estimate of drug-likeness (QED) is 0.860. The maximum Gasteiger partial charge on any atom is 0.315 e. The van der Waals surface area contributed by atoms with Crippen LogP contribution in [0.25, 0.3) is 0 Å². The van der Waals surface area contributed by atoms with Gasteiger partial charge in [0.15, 0.2) is 0 Å². The lowest BCUT2D eigenvalue weighted by Crippen LogP contribution is -2.52. The molecule has 0 saturated carbocycles. The number of likely N-dealkylation sites (N-methyl/N-ethyl adjacent to an activating group) is 1. The summed E-state index contributed by atoms with van der Waals surface area (Å²) in [6, 6.07) is 18.5. The van der Waals surface area contributed by atoms with E-state index in [-0.39, 0.29) is 12.1 Å². The fourth-order valence-electron chi connectivity index (χ4n) is 5.00. The molecule has 3 atom stereocenters. The molecule has 0 amide bonds. The Balaban J connectivity index is 2.01. The third-order valence-corrected chi connectivity index (χ3v) is 6.00. The molecule has 0 aromatic heterocycles. The van der Waals surface area contributed by atoms with Crippen molar-refractivity contribution in [3.8, 4) is 0 Å². The maximum absolute atomic E-state index is 13.2. The fraction of sp³-hybridized carbons (Fsp3) is 0.409. The number of carbonyl (C=O) groups excluding carboxylic acids is 1. The topological polar surface area (TPSA) is 47.6 Å². The second kappa shape index (κ2) is 6.53. The molecule has 2 aromatic carbocycles. The number of fused-ring (bicyclic) bond motifs is 3. The molecule has 1 aliphatic heterocycles. The molecular weight excluding hydrogens is 326 g/mol. The summed E-state index contributed by atoms with van der Waals surface area (Å²) in [6.45, 7) is 0.704. The highest BCUT2D eigenvalue weighted by Crippen LogP contribution is 2.62. The Morgan fingerprint density at radius 2 is 1.92 bits per heavy atom. The second-order valence-corrected chi connectivity index (χ2v) is 7.28. The minimum Gasteiger partial charge on any atom is -0.468 e. The highest BCUT2D eigenvalue weighted by atomic mass is 16.5. The fourth-order valence-corrected chi connectivity index (χ4v) is 5.00. The van der Waals surface area contributed by atoms with E-state index in [9.17, 15) is 4.79 Å². The number of ether oxygens (including phenoxy) is 2. The number of carbonyl (C=O) groups is 1. The Bertz CT molecular complexity index is 806. The van der Waals surface area contributed by atoms with Crippen LogP contribution < -0.4 is 5.32 Å². The number of hydrogen-bond acceptors (Lipinski definition) is 4. The van der Waals surface area contributed by atoms with Crippen LogP contribution in [0.5, 0.6) is 0 Å². The first-order valence-corrected chi connectivity index (χ1v) is 9.23. The van der Waals surface area contributed by atoms with Crippen molar-refractivity contribution >= 4 is 5.97 Å². The van der Waals surface area contributed by atoms with Crippen LogP contribution in [0.2, 0.25) is 0 Å². The van der Waals surface area contributed by atoms with E-state index in [2.05, 4.69) is 35.6 Å². The van der Waals surface area contributed by atoms with Crippen molar-refractivity contribution in [2.24, 2.45) is 5.41 Å². The summed E-state index contributed by atoms with van der Waals surface area (Å²) in [6.07, 6.45) is 2.19. The van der Waals surface area contributed by atoms with Gasteiger partial charge in [-0.05, 0) is 43.0 Å². The summed E-state index contributed by atoms with van der Waals surface area (Å²) in [5, 5.41) is 3.21. The molecule has 4 heteroatoms. The standard InChI is InChI=1S/C22H25NO3/c1-23-15-18-14-21(20(24)25-2)13-12-16-8-6-7-11-19(16)22(21,26-18)17-9-4-3-5-10-17/h3-11,18,23H,12-15H2,1-2H3/t18?,21-,22-/m1/s1. The van der Waals surface area contributed by atoms with Gasteiger partial charge in [-0.2, -0.15) is 0 Å². The molecule has 0 spiro atoms. The monoisotopic (exact) mass is 351 g/mol. The molecule has 2 aromatic rings. The first-order chi connectivity index (χ1) is 12.7. The van der Waals surface area contributed by atoms with Gasteiger partial charge < -0.3 is 14.8 Å². The largest absolute Gasteiger partial charge is 0.468 e. The first kappa shape index (κ1) is 17.3. The molecule has 0 bridgehead atoms. The minimum atomic E-state index is -0.808. The van der Waals surface area contributed by atoms with E-state index in [1.54, 1.807) is 0 Å². The van der Waals surface area contributed by atoms with Crippen LogP contribution in [0, 0.1) is 5.41 Å². The number of rotatable bonds is 4. The maximum atomic E-state index is 13.2. The van der Waals surface area contributed by atoms with Gasteiger partial charge in [0.25, 0.3) is 0 Å². The summed E-state index contributed by atoms with van der Waals surface area (Å²) in [5.41, 5.74) is 1.86. The van der Waals surface area contributed by atoms with Gasteiger partial charge >= 0.3 is 5.97 Å². The number of esters is 1. The third-order valence-electron chi connectivity index (χ3n) is 6.00. The summed E-state index contributed by atoms with van der Waals surface area (Å²) < 4.78 is 12.1. The molecule has 1 aliphatic carbocycles. The predicted octanol–water partition coefficient (Wildman–Crippen LogP) is 3.04. The van der Waals surface area contributed by atoms with Crippen molar-refractivity contribution in [3.63, 3.8) is 0 Å². The second-order valence-electron chi connectivity index (χ2n) is 7.28. The van der Waals surface area contributed by atoms with Crippen molar-refractivity contribution in [3.05, 3.63) is 71.3 Å². The SMILES string of the molecule is CNCC1C[C@@]2(C(=O)OC)CCc3ccccc3[C@@]2(c2ccccc2)O1. The van der Waals surface area contributed by atoms with E-state index in [1.807, 2.05) is 31.3 Å². The van der Waals surface area contributed by atoms with Gasteiger partial charge in [0.2, 0.25) is 0 Å². The predicted molar refractivity (Wildman–Crippen MR) is 99.9 cm³/mol. The zero-order chi connectivity index (χ0) is 18.2. The van der Waals surface area contributed by atoms with Crippen molar-refractivity contribution in [1.82, 2.24) is 5.32 Å². The van der Waals surface area contributed by atoms with Crippen LogP contribution in [0.4, 0.5) is 0 Å². The highest BCUT2D eigenvalue weighted by Gasteiger charge is 2.67. The third kappa shape index (κ3) is 2.25. The summed E-state index contributed by atoms with van der Waals surface area (Å²) in [5.74, 6) is -0.172. The van der Waals surface area contributed by atoms with E-state index < -0.39 is 11.0 Å². The lowest BCUT2D eigenvalue weighted by atomic mass is 9.58. The Morgan fingerprint density at radius 1 is 1.19 bits per heavy atom. The van der Waals surface area contributed by atoms with Gasteiger partial charge in [-0.25, -0.2) is 0 Å². The lowest BCUT2D eigenvalue weighted by Gasteiger charge is -2.47. The number of nitrogens with one attached hydrogen (secondary N) is 1. The van der Waals surface area contributed by atoms with Gasteiger partial charge in [0.1, 0.15) is 11.0 Å². The first-order valence-electron chi connectivity index (χ1n) is 9.23. The molecule has 4 rings (SSSR count). The number of hydrogen-bond donors (Lipinski definition) is 1. The number of methoxy groups -OCH3 is 1.